The standard InChI is InChI=1S/C22H22N2O5/c25-13-15-29-14-12-24-20(17-8-4-5-11-23-17)19(21(27)22(24)28)18(26)10-9-16-6-2-1-3-7-16/h1-11,20,25,27H,12-15H2. The van der Waals surface area contributed by atoms with Crippen molar-refractivity contribution in [1.82, 2.24) is 9.88 Å². The summed E-state index contributed by atoms with van der Waals surface area (Å²) < 4.78 is 5.25. The lowest BCUT2D eigenvalue weighted by Gasteiger charge is -2.25. The van der Waals surface area contributed by atoms with Crippen LogP contribution in [-0.2, 0) is 14.3 Å². The minimum absolute atomic E-state index is 0.0111. The number of carbonyl (C=O) groups excluding carboxylic acids is 2. The van der Waals surface area contributed by atoms with Crippen molar-refractivity contribution in [3.8, 4) is 0 Å². The highest BCUT2D eigenvalue weighted by Gasteiger charge is 2.43. The van der Waals surface area contributed by atoms with Gasteiger partial charge in [0.25, 0.3) is 5.91 Å². The van der Waals surface area contributed by atoms with Crippen LogP contribution in [0.15, 0.2) is 72.1 Å². The molecule has 1 aromatic heterocycles. The first-order chi connectivity index (χ1) is 14.1. The average Bonchev–Trinajstić information content (AvgIpc) is 3.01. The molecule has 1 aliphatic rings. The van der Waals surface area contributed by atoms with E-state index in [9.17, 15) is 14.7 Å². The molecule has 0 spiro atoms. The van der Waals surface area contributed by atoms with Crippen molar-refractivity contribution in [2.24, 2.45) is 0 Å². The average molecular weight is 394 g/mol. The molecule has 0 radical (unpaired) electrons. The first-order valence-electron chi connectivity index (χ1n) is 9.24. The van der Waals surface area contributed by atoms with Gasteiger partial charge in [0.2, 0.25) is 0 Å². The van der Waals surface area contributed by atoms with Crippen molar-refractivity contribution in [2.75, 3.05) is 26.4 Å². The topological polar surface area (TPSA) is 100.0 Å². The Hall–Kier alpha value is -3.29. The Balaban J connectivity index is 1.89. The molecule has 3 rings (SSSR count). The fourth-order valence-corrected chi connectivity index (χ4v) is 3.14. The Bertz CT molecular complexity index is 909. The van der Waals surface area contributed by atoms with Gasteiger partial charge in [-0.1, -0.05) is 42.5 Å². The number of aliphatic hydroxyl groups excluding tert-OH is 2. The van der Waals surface area contributed by atoms with Crippen LogP contribution < -0.4 is 0 Å². The molecule has 1 aromatic carbocycles. The van der Waals surface area contributed by atoms with E-state index in [1.165, 1.54) is 11.0 Å². The summed E-state index contributed by atoms with van der Waals surface area (Å²) in [5.74, 6) is -1.69. The molecule has 150 valence electrons. The molecule has 0 bridgehead atoms. The Labute approximate surface area is 168 Å². The molecule has 0 saturated carbocycles. The molecule has 1 amide bonds. The van der Waals surface area contributed by atoms with Gasteiger partial charge >= 0.3 is 0 Å². The lowest BCUT2D eigenvalue weighted by molar-refractivity contribution is -0.130. The number of ketones is 1. The minimum atomic E-state index is -0.811. The van der Waals surface area contributed by atoms with Gasteiger partial charge < -0.3 is 19.8 Å². The molecule has 7 nitrogen and oxygen atoms in total. The fraction of sp³-hybridized carbons (Fsp3) is 0.227. The molecule has 0 saturated heterocycles. The number of amides is 1. The van der Waals surface area contributed by atoms with Crippen molar-refractivity contribution in [3.63, 3.8) is 0 Å². The second-order valence-electron chi connectivity index (χ2n) is 6.36. The predicted molar refractivity (Wildman–Crippen MR) is 107 cm³/mol. The summed E-state index contributed by atoms with van der Waals surface area (Å²) >= 11 is 0. The molecule has 2 aromatic rings. The number of allylic oxidation sites excluding steroid dienone is 1. The van der Waals surface area contributed by atoms with Crippen molar-refractivity contribution >= 4 is 17.8 Å². The molecular formula is C22H22N2O5. The fourth-order valence-electron chi connectivity index (χ4n) is 3.14. The molecule has 0 aliphatic carbocycles. The van der Waals surface area contributed by atoms with E-state index >= 15 is 0 Å². The number of benzene rings is 1. The molecule has 7 heteroatoms. The van der Waals surface area contributed by atoms with Crippen LogP contribution in [0.1, 0.15) is 17.3 Å². The first-order valence-corrected chi connectivity index (χ1v) is 9.24. The number of pyridine rings is 1. The summed E-state index contributed by atoms with van der Waals surface area (Å²) in [5.41, 5.74) is 1.29. The zero-order chi connectivity index (χ0) is 20.6. The molecule has 2 N–H and O–H groups in total. The van der Waals surface area contributed by atoms with Crippen LogP contribution in [0, 0.1) is 0 Å². The van der Waals surface area contributed by atoms with E-state index in [2.05, 4.69) is 4.98 Å². The Morgan fingerprint density at radius 2 is 1.90 bits per heavy atom. The van der Waals surface area contributed by atoms with Crippen molar-refractivity contribution in [1.29, 1.82) is 0 Å². The molecular weight excluding hydrogens is 372 g/mol. The lowest BCUT2D eigenvalue weighted by atomic mass is 9.99. The maximum Gasteiger partial charge on any atom is 0.290 e. The maximum atomic E-state index is 12.9. The van der Waals surface area contributed by atoms with Crippen LogP contribution in [-0.4, -0.2) is 58.2 Å². The number of nitrogens with zero attached hydrogens (tertiary/aromatic N) is 2. The van der Waals surface area contributed by atoms with Crippen LogP contribution in [0.2, 0.25) is 0 Å². The summed E-state index contributed by atoms with van der Waals surface area (Å²) in [6.07, 6.45) is 4.54. The highest BCUT2D eigenvalue weighted by molar-refractivity contribution is 6.14. The van der Waals surface area contributed by atoms with Crippen LogP contribution in [0.25, 0.3) is 6.08 Å². The normalized spacial score (nSPS) is 16.8. The number of ether oxygens (including phenoxy) is 1. The zero-order valence-electron chi connectivity index (χ0n) is 15.8. The quantitative estimate of drug-likeness (QED) is 0.499. The summed E-state index contributed by atoms with van der Waals surface area (Å²) in [6.45, 7) is 0.310. The van der Waals surface area contributed by atoms with E-state index < -0.39 is 23.5 Å². The number of aliphatic hydroxyl groups is 2. The van der Waals surface area contributed by atoms with Gasteiger partial charge in [-0.3, -0.25) is 14.6 Å². The number of hydrogen-bond donors (Lipinski definition) is 2. The minimum Gasteiger partial charge on any atom is -0.503 e. The van der Waals surface area contributed by atoms with Gasteiger partial charge in [-0.05, 0) is 23.8 Å². The summed E-state index contributed by atoms with van der Waals surface area (Å²) in [4.78, 5) is 31.2. The smallest absolute Gasteiger partial charge is 0.290 e. The van der Waals surface area contributed by atoms with Crippen LogP contribution in [0.3, 0.4) is 0 Å². The van der Waals surface area contributed by atoms with Gasteiger partial charge in [-0.25, -0.2) is 0 Å². The predicted octanol–water partition coefficient (Wildman–Crippen LogP) is 2.07. The molecule has 1 aliphatic heterocycles. The van der Waals surface area contributed by atoms with Gasteiger partial charge in [0, 0.05) is 12.7 Å². The van der Waals surface area contributed by atoms with Gasteiger partial charge in [0.1, 0.15) is 6.04 Å². The summed E-state index contributed by atoms with van der Waals surface area (Å²) in [7, 11) is 0. The number of carbonyl (C=O) groups is 2. The monoisotopic (exact) mass is 394 g/mol. The molecule has 0 fully saturated rings. The summed E-state index contributed by atoms with van der Waals surface area (Å²) in [5, 5.41) is 19.3. The molecule has 29 heavy (non-hydrogen) atoms. The second kappa shape index (κ2) is 9.77. The van der Waals surface area contributed by atoms with Crippen LogP contribution in [0.4, 0.5) is 0 Å². The van der Waals surface area contributed by atoms with E-state index in [0.29, 0.717) is 5.69 Å². The largest absolute Gasteiger partial charge is 0.503 e. The second-order valence-corrected chi connectivity index (χ2v) is 6.36. The molecule has 2 heterocycles. The SMILES string of the molecule is O=C(C=Cc1ccccc1)C1=C(O)C(=O)N(CCOCCO)C1c1ccccn1. The Morgan fingerprint density at radius 1 is 1.14 bits per heavy atom. The Morgan fingerprint density at radius 3 is 2.59 bits per heavy atom. The van der Waals surface area contributed by atoms with Crippen molar-refractivity contribution < 1.29 is 24.5 Å². The lowest BCUT2D eigenvalue weighted by Crippen LogP contribution is -2.34. The maximum absolute atomic E-state index is 12.9. The molecule has 1 unspecified atom stereocenters. The van der Waals surface area contributed by atoms with Crippen LogP contribution >= 0.6 is 0 Å². The van der Waals surface area contributed by atoms with E-state index in [-0.39, 0.29) is 31.9 Å². The third kappa shape index (κ3) is 4.77. The van der Waals surface area contributed by atoms with Gasteiger partial charge in [0.05, 0.1) is 31.1 Å². The third-order valence-corrected chi connectivity index (χ3v) is 4.48. The zero-order valence-corrected chi connectivity index (χ0v) is 15.8. The van der Waals surface area contributed by atoms with E-state index in [4.69, 9.17) is 9.84 Å². The van der Waals surface area contributed by atoms with Crippen molar-refractivity contribution in [3.05, 3.63) is 83.4 Å². The number of rotatable bonds is 9. The van der Waals surface area contributed by atoms with E-state index in [1.807, 2.05) is 30.3 Å². The molecule has 1 atom stereocenters. The van der Waals surface area contributed by atoms with Crippen molar-refractivity contribution in [2.45, 2.75) is 6.04 Å². The van der Waals surface area contributed by atoms with E-state index in [1.54, 1.807) is 30.5 Å². The third-order valence-electron chi connectivity index (χ3n) is 4.48. The summed E-state index contributed by atoms with van der Waals surface area (Å²) in [6, 6.07) is 13.6. The highest BCUT2D eigenvalue weighted by atomic mass is 16.5. The van der Waals surface area contributed by atoms with Gasteiger partial charge in [-0.2, -0.15) is 0 Å². The van der Waals surface area contributed by atoms with Crippen LogP contribution in [0.5, 0.6) is 0 Å². The van der Waals surface area contributed by atoms with Gasteiger partial charge in [-0.15, -0.1) is 0 Å². The Kier molecular flexibility index (Phi) is 6.89. The highest BCUT2D eigenvalue weighted by Crippen LogP contribution is 2.36. The number of hydrogen-bond acceptors (Lipinski definition) is 6. The van der Waals surface area contributed by atoms with E-state index in [0.717, 1.165) is 5.56 Å². The first kappa shape index (κ1) is 20.4. The number of aromatic nitrogens is 1. The van der Waals surface area contributed by atoms with Gasteiger partial charge in [0.15, 0.2) is 11.5 Å².